The molecular weight excluding hydrogens is 168 g/mol. The highest BCUT2D eigenvalue weighted by Crippen LogP contribution is 2.17. The van der Waals surface area contributed by atoms with E-state index in [-0.39, 0.29) is 0 Å². The first-order valence-electron chi connectivity index (χ1n) is 4.92. The van der Waals surface area contributed by atoms with Gasteiger partial charge < -0.3 is 0 Å². The maximum absolute atomic E-state index is 4.39. The van der Waals surface area contributed by atoms with Crippen LogP contribution in [0, 0.1) is 0 Å². The van der Waals surface area contributed by atoms with E-state index in [1.165, 1.54) is 37.4 Å². The third-order valence-corrected chi connectivity index (χ3v) is 3.75. The molecule has 0 aromatic heterocycles. The van der Waals surface area contributed by atoms with Gasteiger partial charge in [-0.05, 0) is 12.8 Å². The van der Waals surface area contributed by atoms with Crippen molar-refractivity contribution in [2.45, 2.75) is 18.9 Å². The Bertz CT molecular complexity index is 112. The van der Waals surface area contributed by atoms with E-state index in [2.05, 4.69) is 22.0 Å². The first-order chi connectivity index (χ1) is 5.97. The first kappa shape index (κ1) is 8.85. The normalized spacial score (nSPS) is 29.0. The van der Waals surface area contributed by atoms with Crippen molar-refractivity contribution in [1.29, 1.82) is 0 Å². The molecule has 0 bridgehead atoms. The SMILES string of the molecule is C1CC(N2CCSCC2)CC[N]1. The molecule has 0 atom stereocenters. The third-order valence-electron chi connectivity index (χ3n) is 2.80. The summed E-state index contributed by atoms with van der Waals surface area (Å²) in [4.78, 5) is 2.67. The molecule has 69 valence electrons. The van der Waals surface area contributed by atoms with Crippen LogP contribution in [0.5, 0.6) is 0 Å². The molecule has 0 amide bonds. The van der Waals surface area contributed by atoms with Crippen LogP contribution in [0.1, 0.15) is 12.8 Å². The van der Waals surface area contributed by atoms with Gasteiger partial charge in [0.2, 0.25) is 0 Å². The van der Waals surface area contributed by atoms with E-state index >= 15 is 0 Å². The Hall–Kier alpha value is 0.270. The molecular formula is C9H17N2S. The molecule has 0 spiro atoms. The van der Waals surface area contributed by atoms with Crippen LogP contribution in [0.4, 0.5) is 0 Å². The number of hydrogen-bond donors (Lipinski definition) is 0. The Morgan fingerprint density at radius 1 is 1.08 bits per heavy atom. The standard InChI is InChI=1S/C9H17N2S/c1-3-10-4-2-9(1)11-5-7-12-8-6-11/h9H,1-8H2. The summed E-state index contributed by atoms with van der Waals surface area (Å²) in [6.45, 7) is 4.84. The molecule has 2 fully saturated rings. The lowest BCUT2D eigenvalue weighted by molar-refractivity contribution is 0.177. The van der Waals surface area contributed by atoms with Crippen molar-refractivity contribution in [1.82, 2.24) is 10.2 Å². The van der Waals surface area contributed by atoms with Crippen molar-refractivity contribution < 1.29 is 0 Å². The maximum Gasteiger partial charge on any atom is 0.0148 e. The average molecular weight is 185 g/mol. The van der Waals surface area contributed by atoms with Crippen molar-refractivity contribution in [3.63, 3.8) is 0 Å². The molecule has 0 saturated carbocycles. The highest BCUT2D eigenvalue weighted by atomic mass is 32.2. The molecule has 2 aliphatic rings. The molecule has 0 aromatic rings. The van der Waals surface area contributed by atoms with E-state index in [0.29, 0.717) is 0 Å². The van der Waals surface area contributed by atoms with Gasteiger partial charge in [0.1, 0.15) is 0 Å². The van der Waals surface area contributed by atoms with Crippen LogP contribution >= 0.6 is 11.8 Å². The average Bonchev–Trinajstić information content (AvgIpc) is 2.21. The fourth-order valence-electron chi connectivity index (χ4n) is 2.04. The number of thioether (sulfide) groups is 1. The molecule has 2 saturated heterocycles. The first-order valence-corrected chi connectivity index (χ1v) is 6.07. The van der Waals surface area contributed by atoms with E-state index in [1.54, 1.807) is 0 Å². The quantitative estimate of drug-likeness (QED) is 0.601. The minimum Gasteiger partial charge on any atom is -0.299 e. The number of hydrogen-bond acceptors (Lipinski definition) is 2. The summed E-state index contributed by atoms with van der Waals surface area (Å²) >= 11 is 2.10. The lowest BCUT2D eigenvalue weighted by Gasteiger charge is -2.36. The van der Waals surface area contributed by atoms with E-state index < -0.39 is 0 Å². The topological polar surface area (TPSA) is 17.3 Å². The van der Waals surface area contributed by atoms with Crippen LogP contribution in [0.25, 0.3) is 0 Å². The molecule has 3 heteroatoms. The van der Waals surface area contributed by atoms with Gasteiger partial charge in [0.15, 0.2) is 0 Å². The molecule has 2 rings (SSSR count). The van der Waals surface area contributed by atoms with Crippen LogP contribution in [0.2, 0.25) is 0 Å². The fraction of sp³-hybridized carbons (Fsp3) is 1.00. The van der Waals surface area contributed by atoms with Crippen molar-refractivity contribution in [2.24, 2.45) is 0 Å². The van der Waals surface area contributed by atoms with E-state index in [4.69, 9.17) is 0 Å². The Morgan fingerprint density at radius 2 is 1.75 bits per heavy atom. The minimum atomic E-state index is 0.864. The van der Waals surface area contributed by atoms with Gasteiger partial charge in [0, 0.05) is 43.7 Å². The van der Waals surface area contributed by atoms with Gasteiger partial charge in [-0.15, -0.1) is 0 Å². The fourth-order valence-corrected chi connectivity index (χ4v) is 2.98. The third kappa shape index (κ3) is 2.15. The van der Waals surface area contributed by atoms with Gasteiger partial charge in [0.05, 0.1) is 0 Å². The maximum atomic E-state index is 4.39. The summed E-state index contributed by atoms with van der Waals surface area (Å²) in [7, 11) is 0. The highest BCUT2D eigenvalue weighted by molar-refractivity contribution is 7.99. The summed E-state index contributed by atoms with van der Waals surface area (Å²) < 4.78 is 0. The molecule has 2 nitrogen and oxygen atoms in total. The lowest BCUT2D eigenvalue weighted by Crippen LogP contribution is -2.45. The Labute approximate surface area is 79.1 Å². The molecule has 0 N–H and O–H groups in total. The smallest absolute Gasteiger partial charge is 0.0148 e. The van der Waals surface area contributed by atoms with Crippen LogP contribution in [-0.4, -0.2) is 48.6 Å². The second-order valence-electron chi connectivity index (χ2n) is 3.55. The number of piperidine rings is 1. The predicted octanol–water partition coefficient (Wildman–Crippen LogP) is 0.802. The number of nitrogens with zero attached hydrogens (tertiary/aromatic N) is 2. The molecule has 2 aliphatic heterocycles. The highest BCUT2D eigenvalue weighted by Gasteiger charge is 2.22. The predicted molar refractivity (Wildman–Crippen MR) is 53.8 cm³/mol. The molecule has 0 aromatic carbocycles. The van der Waals surface area contributed by atoms with Gasteiger partial charge >= 0.3 is 0 Å². The second-order valence-corrected chi connectivity index (χ2v) is 4.78. The zero-order chi connectivity index (χ0) is 8.23. The van der Waals surface area contributed by atoms with Gasteiger partial charge in [0.25, 0.3) is 0 Å². The monoisotopic (exact) mass is 185 g/mol. The molecule has 12 heavy (non-hydrogen) atoms. The largest absolute Gasteiger partial charge is 0.299 e. The van der Waals surface area contributed by atoms with Crippen molar-refractivity contribution in [2.75, 3.05) is 37.7 Å². The van der Waals surface area contributed by atoms with E-state index in [9.17, 15) is 0 Å². The van der Waals surface area contributed by atoms with E-state index in [0.717, 1.165) is 19.1 Å². The Morgan fingerprint density at radius 3 is 2.42 bits per heavy atom. The van der Waals surface area contributed by atoms with Crippen molar-refractivity contribution in [3.8, 4) is 0 Å². The summed E-state index contributed by atoms with van der Waals surface area (Å²) in [6, 6.07) is 0.864. The molecule has 1 radical (unpaired) electrons. The summed E-state index contributed by atoms with van der Waals surface area (Å²) in [5.74, 6) is 2.68. The molecule has 0 aliphatic carbocycles. The van der Waals surface area contributed by atoms with Gasteiger partial charge in [-0.2, -0.15) is 11.8 Å². The lowest BCUT2D eigenvalue weighted by atomic mass is 10.1. The minimum absolute atomic E-state index is 0.864. The van der Waals surface area contributed by atoms with Gasteiger partial charge in [-0.3, -0.25) is 4.90 Å². The van der Waals surface area contributed by atoms with Crippen molar-refractivity contribution >= 4 is 11.8 Å². The van der Waals surface area contributed by atoms with Crippen LogP contribution in [0.15, 0.2) is 0 Å². The van der Waals surface area contributed by atoms with Crippen molar-refractivity contribution in [3.05, 3.63) is 0 Å². The summed E-state index contributed by atoms with van der Waals surface area (Å²) in [5, 5.41) is 4.39. The second kappa shape index (κ2) is 4.49. The Balaban J connectivity index is 1.80. The molecule has 0 unspecified atom stereocenters. The Kier molecular flexibility index (Phi) is 3.31. The zero-order valence-corrected chi connectivity index (χ0v) is 8.35. The molecule has 2 heterocycles. The summed E-state index contributed by atoms with van der Waals surface area (Å²) in [5.41, 5.74) is 0. The van der Waals surface area contributed by atoms with E-state index in [1.807, 2.05) is 0 Å². The van der Waals surface area contributed by atoms with Crippen LogP contribution in [0.3, 0.4) is 0 Å². The zero-order valence-electron chi connectivity index (χ0n) is 7.54. The van der Waals surface area contributed by atoms with Gasteiger partial charge in [-0.25, -0.2) is 5.32 Å². The van der Waals surface area contributed by atoms with Crippen LogP contribution in [-0.2, 0) is 0 Å². The number of rotatable bonds is 1. The summed E-state index contributed by atoms with van der Waals surface area (Å²) in [6.07, 6.45) is 2.62. The van der Waals surface area contributed by atoms with Crippen LogP contribution < -0.4 is 5.32 Å². The van der Waals surface area contributed by atoms with Gasteiger partial charge in [-0.1, -0.05) is 0 Å².